The zero-order valence-corrected chi connectivity index (χ0v) is 18.7. The van der Waals surface area contributed by atoms with E-state index in [9.17, 15) is 22.1 Å². The minimum absolute atomic E-state index is 0.349. The van der Waals surface area contributed by atoms with Crippen LogP contribution in [-0.2, 0) is 4.74 Å². The van der Waals surface area contributed by atoms with Crippen LogP contribution in [0.2, 0.25) is 0 Å². The van der Waals surface area contributed by atoms with Crippen LogP contribution in [-0.4, -0.2) is 19.8 Å². The summed E-state index contributed by atoms with van der Waals surface area (Å²) in [4.78, 5) is 15.2. The van der Waals surface area contributed by atoms with Crippen molar-refractivity contribution in [1.82, 2.24) is 0 Å². The molecule has 0 aliphatic carbocycles. The molecular formula is C22H35BF4N2O2. The van der Waals surface area contributed by atoms with Gasteiger partial charge in [0.05, 0.1) is 12.2 Å². The standard InChI is InChI=1S/C22H35N2O2.BF4/c1-3-4-5-6-7-8-9-10-11-12-13-14-17-26-22(25)20-16-15-19(2)21(18-20)24-23;2-1(3,4)5/h15-16,18H,3-14,17H2,1-2H3;/q+1;-1. The molecule has 0 aliphatic heterocycles. The topological polar surface area (TPSA) is 54.5 Å². The number of esters is 1. The Kier molecular flexibility index (Phi) is 16.4. The van der Waals surface area contributed by atoms with Crippen molar-refractivity contribution in [2.24, 2.45) is 0 Å². The molecule has 31 heavy (non-hydrogen) atoms. The van der Waals surface area contributed by atoms with Gasteiger partial charge in [-0.2, -0.15) is 0 Å². The van der Waals surface area contributed by atoms with E-state index in [1.165, 1.54) is 64.2 Å². The number of hydrogen-bond donors (Lipinski definition) is 0. The molecule has 0 spiro atoms. The van der Waals surface area contributed by atoms with Crippen molar-refractivity contribution in [3.63, 3.8) is 0 Å². The van der Waals surface area contributed by atoms with Gasteiger partial charge in [-0.1, -0.05) is 83.6 Å². The third-order valence-electron chi connectivity index (χ3n) is 4.78. The highest BCUT2D eigenvalue weighted by atomic mass is 19.5. The monoisotopic (exact) mass is 446 g/mol. The molecule has 1 rings (SSSR count). The maximum atomic E-state index is 12.0. The summed E-state index contributed by atoms with van der Waals surface area (Å²) < 4.78 is 44.3. The van der Waals surface area contributed by atoms with Gasteiger partial charge in [0.15, 0.2) is 4.98 Å². The molecule has 0 fully saturated rings. The second-order valence-electron chi connectivity index (χ2n) is 7.62. The molecule has 1 aromatic carbocycles. The van der Waals surface area contributed by atoms with Gasteiger partial charge in [-0.25, -0.2) is 4.79 Å². The highest BCUT2D eigenvalue weighted by Crippen LogP contribution is 2.20. The van der Waals surface area contributed by atoms with Gasteiger partial charge in [0, 0.05) is 11.6 Å². The zero-order valence-electron chi connectivity index (χ0n) is 18.7. The average Bonchev–Trinajstić information content (AvgIpc) is 2.70. The lowest BCUT2D eigenvalue weighted by Gasteiger charge is -2.05. The largest absolute Gasteiger partial charge is 0.673 e. The molecule has 0 aromatic heterocycles. The van der Waals surface area contributed by atoms with Crippen LogP contribution in [0, 0.1) is 12.3 Å². The molecular weight excluding hydrogens is 411 g/mol. The molecule has 0 N–H and O–H groups in total. The molecule has 0 aliphatic rings. The molecule has 9 heteroatoms. The van der Waals surface area contributed by atoms with Gasteiger partial charge in [-0.15, -0.1) is 0 Å². The van der Waals surface area contributed by atoms with Crippen LogP contribution < -0.4 is 0 Å². The predicted octanol–water partition coefficient (Wildman–Crippen LogP) is 8.64. The van der Waals surface area contributed by atoms with Crippen LogP contribution >= 0.6 is 0 Å². The van der Waals surface area contributed by atoms with Gasteiger partial charge < -0.3 is 22.0 Å². The van der Waals surface area contributed by atoms with Gasteiger partial charge in [0.1, 0.15) is 0 Å². The van der Waals surface area contributed by atoms with E-state index in [4.69, 9.17) is 10.1 Å². The van der Waals surface area contributed by atoms with E-state index < -0.39 is 7.25 Å². The first-order chi connectivity index (χ1) is 14.7. The highest BCUT2D eigenvalue weighted by molar-refractivity contribution is 6.50. The molecule has 0 radical (unpaired) electrons. The summed E-state index contributed by atoms with van der Waals surface area (Å²) in [5.41, 5.74) is 1.66. The quantitative estimate of drug-likeness (QED) is 0.0945. The SMILES string of the molecule is CCCCCCCCCCCCCCOC(=O)c1ccc(C)c([N+]#N)c1.F[B-](F)(F)F. The number of unbranched alkanes of at least 4 members (excludes halogenated alkanes) is 11. The molecule has 0 amide bonds. The maximum Gasteiger partial charge on any atom is 0.673 e. The van der Waals surface area contributed by atoms with E-state index in [1.807, 2.05) is 6.92 Å². The fourth-order valence-corrected chi connectivity index (χ4v) is 3.04. The van der Waals surface area contributed by atoms with E-state index in [-0.39, 0.29) is 5.97 Å². The Balaban J connectivity index is 0.00000161. The molecule has 0 saturated carbocycles. The number of aryl methyl sites for hydroxylation is 1. The molecule has 176 valence electrons. The fraction of sp³-hybridized carbons (Fsp3) is 0.682. The Morgan fingerprint density at radius 2 is 1.35 bits per heavy atom. The number of nitrogens with zero attached hydrogens (tertiary/aromatic N) is 2. The summed E-state index contributed by atoms with van der Waals surface area (Å²) in [6, 6.07) is 5.02. The summed E-state index contributed by atoms with van der Waals surface area (Å²) in [5, 5.41) is 8.90. The Morgan fingerprint density at radius 1 is 0.903 bits per heavy atom. The van der Waals surface area contributed by atoms with Crippen molar-refractivity contribution in [1.29, 1.82) is 5.39 Å². The molecule has 0 saturated heterocycles. The molecule has 0 unspecified atom stereocenters. The van der Waals surface area contributed by atoms with Crippen molar-refractivity contribution < 1.29 is 26.8 Å². The number of carbonyl (C=O) groups is 1. The van der Waals surface area contributed by atoms with Crippen LogP contribution in [0.3, 0.4) is 0 Å². The van der Waals surface area contributed by atoms with Crippen LogP contribution in [0.5, 0.6) is 0 Å². The van der Waals surface area contributed by atoms with E-state index in [1.54, 1.807) is 18.2 Å². The number of carbonyl (C=O) groups excluding carboxylic acids is 1. The highest BCUT2D eigenvalue weighted by Gasteiger charge is 2.20. The maximum absolute atomic E-state index is 12.0. The van der Waals surface area contributed by atoms with Gasteiger partial charge in [0.25, 0.3) is 0 Å². The third-order valence-corrected chi connectivity index (χ3v) is 4.78. The van der Waals surface area contributed by atoms with Gasteiger partial charge in [-0.05, 0) is 19.4 Å². The lowest BCUT2D eigenvalue weighted by molar-refractivity contribution is 0.0497. The zero-order chi connectivity index (χ0) is 23.5. The summed E-state index contributed by atoms with van der Waals surface area (Å²) in [7, 11) is -6.00. The van der Waals surface area contributed by atoms with E-state index in [0.717, 1.165) is 18.4 Å². The van der Waals surface area contributed by atoms with Gasteiger partial charge in [-0.3, -0.25) is 0 Å². The molecule has 4 nitrogen and oxygen atoms in total. The van der Waals surface area contributed by atoms with Gasteiger partial charge in [0.2, 0.25) is 5.39 Å². The Morgan fingerprint density at radius 3 is 1.81 bits per heavy atom. The molecule has 0 heterocycles. The first-order valence-corrected chi connectivity index (χ1v) is 11.2. The van der Waals surface area contributed by atoms with Crippen LogP contribution in [0.4, 0.5) is 23.0 Å². The van der Waals surface area contributed by atoms with Crippen LogP contribution in [0.25, 0.3) is 4.98 Å². The van der Waals surface area contributed by atoms with E-state index in [2.05, 4.69) is 11.9 Å². The van der Waals surface area contributed by atoms with Crippen LogP contribution in [0.1, 0.15) is 99.9 Å². The summed E-state index contributed by atoms with van der Waals surface area (Å²) in [6.07, 6.45) is 15.4. The van der Waals surface area contributed by atoms with Crippen molar-refractivity contribution in [2.75, 3.05) is 6.61 Å². The summed E-state index contributed by atoms with van der Waals surface area (Å²) in [6.45, 7) is 4.54. The summed E-state index contributed by atoms with van der Waals surface area (Å²) in [5.74, 6) is -0.349. The number of hydrogen-bond acceptors (Lipinski definition) is 3. The first-order valence-electron chi connectivity index (χ1n) is 11.2. The normalized spacial score (nSPS) is 10.7. The Bertz CT molecular complexity index is 658. The lowest BCUT2D eigenvalue weighted by atomic mass is 10.1. The van der Waals surface area contributed by atoms with Gasteiger partial charge >= 0.3 is 18.9 Å². The number of ether oxygens (including phenoxy) is 1. The van der Waals surface area contributed by atoms with E-state index in [0.29, 0.717) is 17.9 Å². The number of halogens is 4. The smallest absolute Gasteiger partial charge is 0.462 e. The third kappa shape index (κ3) is 18.4. The Hall–Kier alpha value is -2.11. The number of rotatable bonds is 14. The number of benzene rings is 1. The van der Waals surface area contributed by atoms with Crippen LogP contribution in [0.15, 0.2) is 18.2 Å². The second kappa shape index (κ2) is 17.6. The Labute approximate surface area is 183 Å². The average molecular weight is 446 g/mol. The van der Waals surface area contributed by atoms with Crippen molar-refractivity contribution in [3.05, 3.63) is 34.3 Å². The first kappa shape index (κ1) is 28.9. The minimum Gasteiger partial charge on any atom is -0.462 e. The lowest BCUT2D eigenvalue weighted by Crippen LogP contribution is -2.06. The van der Waals surface area contributed by atoms with Crippen molar-refractivity contribution in [2.45, 2.75) is 90.9 Å². The molecule has 0 atom stereocenters. The van der Waals surface area contributed by atoms with E-state index >= 15 is 0 Å². The minimum atomic E-state index is -6.00. The molecule has 0 bridgehead atoms. The molecule has 1 aromatic rings. The second-order valence-corrected chi connectivity index (χ2v) is 7.62. The van der Waals surface area contributed by atoms with Crippen molar-refractivity contribution in [3.8, 4) is 0 Å². The predicted molar refractivity (Wildman–Crippen MR) is 117 cm³/mol. The fourth-order valence-electron chi connectivity index (χ4n) is 3.04. The van der Waals surface area contributed by atoms with Crippen molar-refractivity contribution >= 4 is 18.9 Å². The summed E-state index contributed by atoms with van der Waals surface area (Å²) >= 11 is 0. The number of diazo groups is 1.